The molecule has 0 unspecified atom stereocenters. The zero-order valence-corrected chi connectivity index (χ0v) is 10.1. The smallest absolute Gasteiger partial charge is 0.142 e. The molecule has 1 aromatic carbocycles. The number of methoxy groups -OCH3 is 1. The highest BCUT2D eigenvalue weighted by molar-refractivity contribution is 5.57. The van der Waals surface area contributed by atoms with Crippen LogP contribution < -0.4 is 5.32 Å². The summed E-state index contributed by atoms with van der Waals surface area (Å²) in [7, 11) is 1.66. The summed E-state index contributed by atoms with van der Waals surface area (Å²) in [6.07, 6.45) is 0. The van der Waals surface area contributed by atoms with Crippen molar-refractivity contribution in [3.05, 3.63) is 53.7 Å². The van der Waals surface area contributed by atoms with E-state index in [0.717, 1.165) is 11.3 Å². The van der Waals surface area contributed by atoms with Gasteiger partial charge < -0.3 is 10.1 Å². The van der Waals surface area contributed by atoms with Crippen LogP contribution in [0, 0.1) is 11.3 Å². The average Bonchev–Trinajstić information content (AvgIpc) is 2.40. The van der Waals surface area contributed by atoms with Crippen molar-refractivity contribution in [1.82, 2.24) is 4.98 Å². The highest BCUT2D eigenvalue weighted by Crippen LogP contribution is 2.16. The Hall–Kier alpha value is -2.38. The monoisotopic (exact) mass is 239 g/mol. The summed E-state index contributed by atoms with van der Waals surface area (Å²) in [4.78, 5) is 4.16. The average molecular weight is 239 g/mol. The first-order chi connectivity index (χ1) is 8.81. The predicted molar refractivity (Wildman–Crippen MR) is 69.4 cm³/mol. The Morgan fingerprint density at radius 2 is 2.11 bits per heavy atom. The number of pyridine rings is 1. The van der Waals surface area contributed by atoms with E-state index in [9.17, 15) is 0 Å². The maximum atomic E-state index is 8.79. The lowest BCUT2D eigenvalue weighted by Crippen LogP contribution is -1.96. The summed E-state index contributed by atoms with van der Waals surface area (Å²) in [5.41, 5.74) is 2.40. The molecule has 4 heteroatoms. The van der Waals surface area contributed by atoms with E-state index in [0.29, 0.717) is 18.1 Å². The number of anilines is 2. The zero-order valence-electron chi connectivity index (χ0n) is 10.1. The van der Waals surface area contributed by atoms with Crippen molar-refractivity contribution in [2.24, 2.45) is 0 Å². The zero-order chi connectivity index (χ0) is 12.8. The van der Waals surface area contributed by atoms with Crippen LogP contribution in [0.25, 0.3) is 0 Å². The second kappa shape index (κ2) is 5.80. The number of nitrogens with zero attached hydrogens (tertiary/aromatic N) is 2. The predicted octanol–water partition coefficient (Wildman–Crippen LogP) is 2.84. The van der Waals surface area contributed by atoms with Crippen LogP contribution in [0.5, 0.6) is 0 Å². The van der Waals surface area contributed by atoms with Gasteiger partial charge in [-0.25, -0.2) is 4.98 Å². The van der Waals surface area contributed by atoms with Crippen LogP contribution in [0.4, 0.5) is 11.5 Å². The van der Waals surface area contributed by atoms with E-state index in [2.05, 4.69) is 10.3 Å². The molecular formula is C14H13N3O. The van der Waals surface area contributed by atoms with Gasteiger partial charge in [-0.1, -0.05) is 18.2 Å². The summed E-state index contributed by atoms with van der Waals surface area (Å²) in [6, 6.07) is 15.2. The van der Waals surface area contributed by atoms with Crippen LogP contribution in [0.2, 0.25) is 0 Å². The third-order valence-corrected chi connectivity index (χ3v) is 2.37. The van der Waals surface area contributed by atoms with E-state index in [-0.39, 0.29) is 0 Å². The van der Waals surface area contributed by atoms with Gasteiger partial charge in [-0.2, -0.15) is 5.26 Å². The molecule has 0 saturated heterocycles. The number of nitriles is 1. The van der Waals surface area contributed by atoms with Gasteiger partial charge in [0, 0.05) is 12.8 Å². The molecule has 0 bridgehead atoms. The molecule has 0 saturated carbocycles. The standard InChI is InChI=1S/C14H13N3O/c1-18-10-11-4-2-5-12(8-11)16-14-7-3-6-13(9-15)17-14/h2-8H,10H2,1H3,(H,16,17). The molecule has 0 radical (unpaired) electrons. The molecule has 18 heavy (non-hydrogen) atoms. The topological polar surface area (TPSA) is 57.9 Å². The maximum Gasteiger partial charge on any atom is 0.142 e. The number of nitrogens with one attached hydrogen (secondary N) is 1. The van der Waals surface area contributed by atoms with Crippen molar-refractivity contribution in [3.8, 4) is 6.07 Å². The quantitative estimate of drug-likeness (QED) is 0.891. The molecule has 90 valence electrons. The molecular weight excluding hydrogens is 226 g/mol. The van der Waals surface area contributed by atoms with Crippen LogP contribution in [0.15, 0.2) is 42.5 Å². The van der Waals surface area contributed by atoms with Crippen LogP contribution in [-0.2, 0) is 11.3 Å². The molecule has 0 aliphatic rings. The van der Waals surface area contributed by atoms with E-state index in [1.165, 1.54) is 0 Å². The lowest BCUT2D eigenvalue weighted by Gasteiger charge is -2.07. The second-order valence-electron chi connectivity index (χ2n) is 3.78. The van der Waals surface area contributed by atoms with Gasteiger partial charge in [0.15, 0.2) is 0 Å². The number of rotatable bonds is 4. The minimum atomic E-state index is 0.396. The third kappa shape index (κ3) is 3.06. The number of ether oxygens (including phenoxy) is 1. The summed E-state index contributed by atoms with van der Waals surface area (Å²) < 4.78 is 5.08. The Kier molecular flexibility index (Phi) is 3.90. The van der Waals surface area contributed by atoms with E-state index in [1.807, 2.05) is 36.4 Å². The molecule has 2 rings (SSSR count). The Morgan fingerprint density at radius 3 is 2.89 bits per heavy atom. The summed E-state index contributed by atoms with van der Waals surface area (Å²) in [5.74, 6) is 0.656. The Bertz CT molecular complexity index is 575. The van der Waals surface area contributed by atoms with Gasteiger partial charge in [0.2, 0.25) is 0 Å². The fraction of sp³-hybridized carbons (Fsp3) is 0.143. The molecule has 4 nitrogen and oxygen atoms in total. The lowest BCUT2D eigenvalue weighted by atomic mass is 10.2. The van der Waals surface area contributed by atoms with E-state index < -0.39 is 0 Å². The van der Waals surface area contributed by atoms with Crippen molar-refractivity contribution in [2.45, 2.75) is 6.61 Å². The van der Waals surface area contributed by atoms with Crippen molar-refractivity contribution in [2.75, 3.05) is 12.4 Å². The second-order valence-corrected chi connectivity index (χ2v) is 3.78. The van der Waals surface area contributed by atoms with Crippen molar-refractivity contribution in [1.29, 1.82) is 5.26 Å². The number of hydrogen-bond donors (Lipinski definition) is 1. The Labute approximate surface area is 106 Å². The van der Waals surface area contributed by atoms with Gasteiger partial charge in [-0.05, 0) is 29.8 Å². The lowest BCUT2D eigenvalue weighted by molar-refractivity contribution is 0.185. The van der Waals surface area contributed by atoms with Crippen molar-refractivity contribution >= 4 is 11.5 Å². The molecule has 1 heterocycles. The van der Waals surface area contributed by atoms with Crippen molar-refractivity contribution < 1.29 is 4.74 Å². The molecule has 0 atom stereocenters. The maximum absolute atomic E-state index is 8.79. The van der Waals surface area contributed by atoms with Crippen LogP contribution >= 0.6 is 0 Å². The van der Waals surface area contributed by atoms with Gasteiger partial charge in [-0.15, -0.1) is 0 Å². The molecule has 1 N–H and O–H groups in total. The molecule has 0 aliphatic carbocycles. The molecule has 0 spiro atoms. The van der Waals surface area contributed by atoms with Gasteiger partial charge in [-0.3, -0.25) is 0 Å². The fourth-order valence-corrected chi connectivity index (χ4v) is 1.62. The van der Waals surface area contributed by atoms with Crippen molar-refractivity contribution in [3.63, 3.8) is 0 Å². The molecule has 0 amide bonds. The van der Waals surface area contributed by atoms with Gasteiger partial charge in [0.05, 0.1) is 6.61 Å². The number of aromatic nitrogens is 1. The van der Waals surface area contributed by atoms with Gasteiger partial charge in [0.1, 0.15) is 17.6 Å². The van der Waals surface area contributed by atoms with E-state index >= 15 is 0 Å². The molecule has 0 fully saturated rings. The minimum absolute atomic E-state index is 0.396. The number of hydrogen-bond acceptors (Lipinski definition) is 4. The molecule has 0 aliphatic heterocycles. The summed E-state index contributed by atoms with van der Waals surface area (Å²) in [5, 5.41) is 11.9. The Morgan fingerprint density at radius 1 is 1.28 bits per heavy atom. The minimum Gasteiger partial charge on any atom is -0.380 e. The molecule has 2 aromatic rings. The van der Waals surface area contributed by atoms with Gasteiger partial charge >= 0.3 is 0 Å². The van der Waals surface area contributed by atoms with E-state index in [1.54, 1.807) is 19.2 Å². The van der Waals surface area contributed by atoms with E-state index in [4.69, 9.17) is 10.00 Å². The summed E-state index contributed by atoms with van der Waals surface area (Å²) >= 11 is 0. The van der Waals surface area contributed by atoms with Gasteiger partial charge in [0.25, 0.3) is 0 Å². The largest absolute Gasteiger partial charge is 0.380 e. The SMILES string of the molecule is COCc1cccc(Nc2cccc(C#N)n2)c1. The first kappa shape index (κ1) is 12.1. The van der Waals surface area contributed by atoms with Crippen LogP contribution in [-0.4, -0.2) is 12.1 Å². The first-order valence-corrected chi connectivity index (χ1v) is 5.54. The Balaban J connectivity index is 2.18. The van der Waals surface area contributed by atoms with Crippen LogP contribution in [0.1, 0.15) is 11.3 Å². The highest BCUT2D eigenvalue weighted by Gasteiger charge is 1.99. The highest BCUT2D eigenvalue weighted by atomic mass is 16.5. The normalized spacial score (nSPS) is 9.78. The third-order valence-electron chi connectivity index (χ3n) is 2.37. The first-order valence-electron chi connectivity index (χ1n) is 5.54. The molecule has 1 aromatic heterocycles. The van der Waals surface area contributed by atoms with Crippen LogP contribution in [0.3, 0.4) is 0 Å². The summed E-state index contributed by atoms with van der Waals surface area (Å²) in [6.45, 7) is 0.571. The fourth-order valence-electron chi connectivity index (χ4n) is 1.62. The number of benzene rings is 1.